The molecule has 0 fully saturated rings. The van der Waals surface area contributed by atoms with Crippen molar-refractivity contribution >= 4 is 23.5 Å². The Morgan fingerprint density at radius 1 is 1.00 bits per heavy atom. The number of anilines is 1. The topological polar surface area (TPSA) is 87.7 Å². The van der Waals surface area contributed by atoms with Crippen molar-refractivity contribution in [1.29, 1.82) is 0 Å². The monoisotopic (exact) mass is 367 g/mol. The molecule has 0 saturated heterocycles. The van der Waals surface area contributed by atoms with Gasteiger partial charge in [-0.15, -0.1) is 0 Å². The van der Waals surface area contributed by atoms with Crippen LogP contribution in [0.4, 0.5) is 10.5 Å². The van der Waals surface area contributed by atoms with Gasteiger partial charge in [0.15, 0.2) is 0 Å². The van der Waals surface area contributed by atoms with Crippen LogP contribution < -0.4 is 10.6 Å². The van der Waals surface area contributed by atoms with Crippen LogP contribution in [0.15, 0.2) is 48.5 Å². The summed E-state index contributed by atoms with van der Waals surface area (Å²) in [5.74, 6) is -0.497. The van der Waals surface area contributed by atoms with E-state index in [0.29, 0.717) is 42.9 Å². The van der Waals surface area contributed by atoms with Gasteiger partial charge in [0.25, 0.3) is 11.8 Å². The summed E-state index contributed by atoms with van der Waals surface area (Å²) in [6.07, 6.45) is 0.547. The molecule has 0 atom stereocenters. The van der Waals surface area contributed by atoms with Crippen molar-refractivity contribution in [3.05, 3.63) is 65.2 Å². The van der Waals surface area contributed by atoms with Crippen LogP contribution >= 0.6 is 0 Å². The second-order valence-electron chi connectivity index (χ2n) is 6.13. The molecule has 4 amide bonds. The van der Waals surface area contributed by atoms with Crippen LogP contribution in [0.25, 0.3) is 0 Å². The first-order chi connectivity index (χ1) is 13.1. The van der Waals surface area contributed by atoms with E-state index in [0.717, 1.165) is 5.56 Å². The molecule has 1 aliphatic rings. The van der Waals surface area contributed by atoms with Gasteiger partial charge in [-0.3, -0.25) is 14.5 Å². The number of carbonyl (C=O) groups excluding carboxylic acids is 3. The zero-order valence-corrected chi connectivity index (χ0v) is 15.0. The summed E-state index contributed by atoms with van der Waals surface area (Å²) in [5, 5.41) is 5.40. The number of hydrogen-bond donors (Lipinski definition) is 2. The van der Waals surface area contributed by atoms with E-state index in [-0.39, 0.29) is 17.8 Å². The van der Waals surface area contributed by atoms with Gasteiger partial charge in [0.1, 0.15) is 0 Å². The van der Waals surface area contributed by atoms with E-state index in [1.807, 2.05) is 12.1 Å². The van der Waals surface area contributed by atoms with Gasteiger partial charge in [0.2, 0.25) is 0 Å². The lowest BCUT2D eigenvalue weighted by molar-refractivity contribution is 0.0656. The highest BCUT2D eigenvalue weighted by molar-refractivity contribution is 6.21. The fourth-order valence-corrected chi connectivity index (χ4v) is 2.88. The molecule has 0 radical (unpaired) electrons. The number of methoxy groups -OCH3 is 1. The lowest BCUT2D eigenvalue weighted by atomic mass is 10.1. The molecule has 2 aromatic rings. The Morgan fingerprint density at radius 3 is 2.22 bits per heavy atom. The largest absolute Gasteiger partial charge is 0.383 e. The summed E-state index contributed by atoms with van der Waals surface area (Å²) < 4.78 is 4.87. The molecule has 0 aliphatic carbocycles. The minimum absolute atomic E-state index is 0.249. The average Bonchev–Trinajstić information content (AvgIpc) is 2.92. The molecule has 0 saturated carbocycles. The number of urea groups is 1. The molecule has 0 bridgehead atoms. The van der Waals surface area contributed by atoms with Crippen LogP contribution in [-0.2, 0) is 11.2 Å². The molecule has 2 N–H and O–H groups in total. The van der Waals surface area contributed by atoms with E-state index in [4.69, 9.17) is 4.74 Å². The van der Waals surface area contributed by atoms with E-state index in [9.17, 15) is 14.4 Å². The highest BCUT2D eigenvalue weighted by Gasteiger charge is 2.34. The van der Waals surface area contributed by atoms with Gasteiger partial charge in [0, 0.05) is 25.9 Å². The highest BCUT2D eigenvalue weighted by Crippen LogP contribution is 2.22. The summed E-state index contributed by atoms with van der Waals surface area (Å²) in [6, 6.07) is 13.9. The summed E-state index contributed by atoms with van der Waals surface area (Å²) in [6.45, 7) is 1.20. The number of fused-ring (bicyclic) bond motifs is 1. The van der Waals surface area contributed by atoms with Gasteiger partial charge in [-0.1, -0.05) is 24.3 Å². The van der Waals surface area contributed by atoms with Gasteiger partial charge >= 0.3 is 6.03 Å². The SMILES string of the molecule is COCCNC(=O)Nc1ccc(CCN2C(=O)c3ccccc3C2=O)cc1. The fourth-order valence-electron chi connectivity index (χ4n) is 2.88. The van der Waals surface area contributed by atoms with Gasteiger partial charge in [-0.2, -0.15) is 0 Å². The van der Waals surface area contributed by atoms with Gasteiger partial charge < -0.3 is 15.4 Å². The Morgan fingerprint density at radius 2 is 1.63 bits per heavy atom. The standard InChI is InChI=1S/C20H21N3O4/c1-27-13-11-21-20(26)22-15-8-6-14(7-9-15)10-12-23-18(24)16-4-2-3-5-17(16)19(23)25/h2-9H,10-13H2,1H3,(H2,21,22,26). The molecular formula is C20H21N3O4. The number of rotatable bonds is 7. The third-order valence-corrected chi connectivity index (χ3v) is 4.31. The maximum atomic E-state index is 12.4. The molecular weight excluding hydrogens is 346 g/mol. The molecule has 140 valence electrons. The maximum absolute atomic E-state index is 12.4. The molecule has 1 aliphatic heterocycles. The number of nitrogens with one attached hydrogen (secondary N) is 2. The zero-order valence-electron chi connectivity index (χ0n) is 15.0. The number of ether oxygens (including phenoxy) is 1. The summed E-state index contributed by atoms with van der Waals surface area (Å²) in [4.78, 5) is 37.7. The first-order valence-corrected chi connectivity index (χ1v) is 8.68. The van der Waals surface area contributed by atoms with Crippen molar-refractivity contribution in [3.63, 3.8) is 0 Å². The molecule has 0 aromatic heterocycles. The van der Waals surface area contributed by atoms with Crippen LogP contribution in [0.1, 0.15) is 26.3 Å². The Bertz CT molecular complexity index is 814. The maximum Gasteiger partial charge on any atom is 0.319 e. The minimum atomic E-state index is -0.300. The average molecular weight is 367 g/mol. The second-order valence-corrected chi connectivity index (χ2v) is 6.13. The third-order valence-electron chi connectivity index (χ3n) is 4.31. The van der Waals surface area contributed by atoms with Crippen molar-refractivity contribution in [3.8, 4) is 0 Å². The molecule has 27 heavy (non-hydrogen) atoms. The Hall–Kier alpha value is -3.19. The fraction of sp³-hybridized carbons (Fsp3) is 0.250. The number of nitrogens with zero attached hydrogens (tertiary/aromatic N) is 1. The Balaban J connectivity index is 1.53. The Labute approximate surface area is 157 Å². The summed E-state index contributed by atoms with van der Waals surface area (Å²) in [5.41, 5.74) is 2.55. The van der Waals surface area contributed by atoms with Gasteiger partial charge in [-0.25, -0.2) is 4.79 Å². The van der Waals surface area contributed by atoms with Crippen molar-refractivity contribution < 1.29 is 19.1 Å². The number of hydrogen-bond acceptors (Lipinski definition) is 4. The molecule has 1 heterocycles. The van der Waals surface area contributed by atoms with Crippen molar-refractivity contribution in [2.75, 3.05) is 32.1 Å². The van der Waals surface area contributed by atoms with E-state index < -0.39 is 0 Å². The molecule has 0 unspecified atom stereocenters. The Kier molecular flexibility index (Phi) is 5.83. The summed E-state index contributed by atoms with van der Waals surface area (Å²) >= 11 is 0. The van der Waals surface area contributed by atoms with Gasteiger partial charge in [-0.05, 0) is 36.2 Å². The van der Waals surface area contributed by atoms with E-state index in [2.05, 4.69) is 10.6 Å². The molecule has 7 nitrogen and oxygen atoms in total. The number of amides is 4. The smallest absolute Gasteiger partial charge is 0.319 e. The van der Waals surface area contributed by atoms with E-state index in [1.54, 1.807) is 43.5 Å². The van der Waals surface area contributed by atoms with Crippen molar-refractivity contribution in [2.24, 2.45) is 0 Å². The minimum Gasteiger partial charge on any atom is -0.383 e. The number of carbonyl (C=O) groups is 3. The number of benzene rings is 2. The van der Waals surface area contributed by atoms with Crippen LogP contribution in [0, 0.1) is 0 Å². The molecule has 2 aromatic carbocycles. The first-order valence-electron chi connectivity index (χ1n) is 8.68. The van der Waals surface area contributed by atoms with Crippen molar-refractivity contribution in [2.45, 2.75) is 6.42 Å². The quantitative estimate of drug-likeness (QED) is 0.581. The lowest BCUT2D eigenvalue weighted by Gasteiger charge is -2.14. The predicted octanol–water partition coefficient (Wildman–Crippen LogP) is 2.29. The lowest BCUT2D eigenvalue weighted by Crippen LogP contribution is -2.32. The van der Waals surface area contributed by atoms with Gasteiger partial charge in [0.05, 0.1) is 17.7 Å². The molecule has 3 rings (SSSR count). The van der Waals surface area contributed by atoms with Crippen LogP contribution in [0.3, 0.4) is 0 Å². The zero-order chi connectivity index (χ0) is 19.2. The van der Waals surface area contributed by atoms with E-state index >= 15 is 0 Å². The van der Waals surface area contributed by atoms with Crippen LogP contribution in [-0.4, -0.2) is 49.6 Å². The predicted molar refractivity (Wildman–Crippen MR) is 101 cm³/mol. The van der Waals surface area contributed by atoms with Crippen LogP contribution in [0.2, 0.25) is 0 Å². The molecule has 0 spiro atoms. The highest BCUT2D eigenvalue weighted by atomic mass is 16.5. The van der Waals surface area contributed by atoms with Crippen molar-refractivity contribution in [1.82, 2.24) is 10.2 Å². The molecule has 7 heteroatoms. The first kappa shape index (κ1) is 18.6. The normalized spacial score (nSPS) is 12.9. The number of imide groups is 1. The second kappa shape index (κ2) is 8.46. The third kappa shape index (κ3) is 4.32. The summed E-state index contributed by atoms with van der Waals surface area (Å²) in [7, 11) is 1.57. The van der Waals surface area contributed by atoms with E-state index in [1.165, 1.54) is 4.90 Å². The van der Waals surface area contributed by atoms with Crippen LogP contribution in [0.5, 0.6) is 0 Å².